The lowest BCUT2D eigenvalue weighted by molar-refractivity contribution is -0.120. The molecule has 1 aliphatic rings. The fourth-order valence-corrected chi connectivity index (χ4v) is 4.34. The van der Waals surface area contributed by atoms with E-state index < -0.39 is 0 Å². The molecule has 1 aromatic carbocycles. The van der Waals surface area contributed by atoms with Crippen molar-refractivity contribution < 1.29 is 9.53 Å². The molecule has 0 radical (unpaired) electrons. The van der Waals surface area contributed by atoms with Crippen LogP contribution in [0.3, 0.4) is 0 Å². The molecule has 2 atom stereocenters. The summed E-state index contributed by atoms with van der Waals surface area (Å²) in [5, 5.41) is 9.90. The number of ether oxygens (including phenoxy) is 1. The van der Waals surface area contributed by atoms with Crippen LogP contribution in [0.15, 0.2) is 53.6 Å². The lowest BCUT2D eigenvalue weighted by Crippen LogP contribution is -2.36. The standard InChI is InChI=1S/C21H28N4OS.C5H12O.C2H6/c1-21(2)12-16(14-25(21)15-26)11-18(17-7-4-3-5-8-17)13-23-19-9-6-10-20(24-19)27-22;1-5(2,3)6-4;1-2/h3-10,15-16,18H,11-14,22H2,1-2H3,(H,23,24);1-4H3;1-2H3. The van der Waals surface area contributed by atoms with Crippen molar-refractivity contribution in [2.45, 2.75) is 83.4 Å². The Labute approximate surface area is 217 Å². The Morgan fingerprint density at radius 2 is 1.83 bits per heavy atom. The average Bonchev–Trinajstić information content (AvgIpc) is 3.16. The second-order valence-corrected chi connectivity index (χ2v) is 10.8. The molecule has 3 rings (SSSR count). The largest absolute Gasteiger partial charge is 0.379 e. The van der Waals surface area contributed by atoms with Gasteiger partial charge in [0.15, 0.2) is 0 Å². The summed E-state index contributed by atoms with van der Waals surface area (Å²) in [6, 6.07) is 16.4. The zero-order valence-electron chi connectivity index (χ0n) is 22.9. The molecule has 35 heavy (non-hydrogen) atoms. The zero-order valence-corrected chi connectivity index (χ0v) is 23.7. The van der Waals surface area contributed by atoms with Crippen LogP contribution in [0.1, 0.15) is 72.8 Å². The van der Waals surface area contributed by atoms with E-state index in [0.29, 0.717) is 11.8 Å². The van der Waals surface area contributed by atoms with Crippen molar-refractivity contribution in [2.24, 2.45) is 11.1 Å². The van der Waals surface area contributed by atoms with Crippen molar-refractivity contribution >= 4 is 24.2 Å². The summed E-state index contributed by atoms with van der Waals surface area (Å²) in [5.41, 5.74) is 1.30. The summed E-state index contributed by atoms with van der Waals surface area (Å²) in [4.78, 5) is 17.8. The van der Waals surface area contributed by atoms with E-state index in [1.165, 1.54) is 5.56 Å². The van der Waals surface area contributed by atoms with Crippen LogP contribution in [0.25, 0.3) is 0 Å². The van der Waals surface area contributed by atoms with Crippen LogP contribution in [0, 0.1) is 5.92 Å². The maximum atomic E-state index is 11.4. The van der Waals surface area contributed by atoms with Crippen molar-refractivity contribution in [1.82, 2.24) is 9.88 Å². The van der Waals surface area contributed by atoms with Gasteiger partial charge in [-0.1, -0.05) is 50.2 Å². The summed E-state index contributed by atoms with van der Waals surface area (Å²) in [5.74, 6) is 1.69. The highest BCUT2D eigenvalue weighted by Crippen LogP contribution is 2.37. The topological polar surface area (TPSA) is 80.5 Å². The first-order chi connectivity index (χ1) is 16.6. The van der Waals surface area contributed by atoms with Gasteiger partial charge in [-0.3, -0.25) is 9.93 Å². The van der Waals surface area contributed by atoms with Crippen LogP contribution in [-0.4, -0.2) is 47.6 Å². The zero-order chi connectivity index (χ0) is 26.5. The number of nitrogens with zero attached hydrogens (tertiary/aromatic N) is 2. The summed E-state index contributed by atoms with van der Waals surface area (Å²) >= 11 is 1.15. The summed E-state index contributed by atoms with van der Waals surface area (Å²) < 4.78 is 4.94. The van der Waals surface area contributed by atoms with E-state index in [1.807, 2.05) is 63.8 Å². The lowest BCUT2D eigenvalue weighted by atomic mass is 9.85. The molecule has 0 bridgehead atoms. The molecule has 1 saturated heterocycles. The highest BCUT2D eigenvalue weighted by atomic mass is 32.2. The molecule has 2 heterocycles. The number of methoxy groups -OCH3 is 1. The predicted octanol–water partition coefficient (Wildman–Crippen LogP) is 6.35. The Bertz CT molecular complexity index is 856. The minimum Gasteiger partial charge on any atom is -0.379 e. The predicted molar refractivity (Wildman–Crippen MR) is 150 cm³/mol. The number of carbonyl (C=O) groups excluding carboxylic acids is 1. The van der Waals surface area contributed by atoms with E-state index in [-0.39, 0.29) is 11.1 Å². The first-order valence-electron chi connectivity index (χ1n) is 12.5. The van der Waals surface area contributed by atoms with Gasteiger partial charge < -0.3 is 15.0 Å². The maximum absolute atomic E-state index is 11.4. The number of rotatable bonds is 8. The van der Waals surface area contributed by atoms with Crippen LogP contribution in [-0.2, 0) is 9.53 Å². The number of likely N-dealkylation sites (tertiary alicyclic amines) is 1. The van der Waals surface area contributed by atoms with E-state index >= 15 is 0 Å². The third-order valence-electron chi connectivity index (χ3n) is 6.02. The van der Waals surface area contributed by atoms with Crippen LogP contribution in [0.5, 0.6) is 0 Å². The number of hydrogen-bond acceptors (Lipinski definition) is 6. The molecule has 1 aromatic heterocycles. The number of anilines is 1. The van der Waals surface area contributed by atoms with Crippen LogP contribution in [0.4, 0.5) is 5.82 Å². The van der Waals surface area contributed by atoms with Gasteiger partial charge in [0, 0.05) is 31.7 Å². The second kappa shape index (κ2) is 15.1. The minimum atomic E-state index is -0.0602. The minimum absolute atomic E-state index is 0.0417. The average molecular weight is 503 g/mol. The molecular formula is C28H46N4O2S. The van der Waals surface area contributed by atoms with E-state index in [2.05, 4.69) is 48.4 Å². The summed E-state index contributed by atoms with van der Waals surface area (Å²) in [7, 11) is 1.71. The molecule has 3 N–H and O–H groups in total. The van der Waals surface area contributed by atoms with Gasteiger partial charge in [-0.15, -0.1) is 0 Å². The number of carbonyl (C=O) groups is 1. The SMILES string of the molecule is CC.CC1(C)CC(CC(CNc2cccc(SN)n2)c2ccccc2)CN1C=O.COC(C)(C)C. The molecule has 1 aliphatic heterocycles. The second-order valence-electron chi connectivity index (χ2n) is 10.2. The number of pyridine rings is 1. The van der Waals surface area contributed by atoms with Gasteiger partial charge in [0.2, 0.25) is 6.41 Å². The Kier molecular flexibility index (Phi) is 13.4. The van der Waals surface area contributed by atoms with E-state index in [1.54, 1.807) is 7.11 Å². The van der Waals surface area contributed by atoms with Crippen LogP contribution < -0.4 is 10.5 Å². The number of benzene rings is 1. The third-order valence-corrected chi connectivity index (χ3v) is 6.49. The lowest BCUT2D eigenvalue weighted by Gasteiger charge is -2.27. The molecule has 0 spiro atoms. The molecule has 2 unspecified atom stereocenters. The highest BCUT2D eigenvalue weighted by Gasteiger charge is 2.38. The quantitative estimate of drug-likeness (QED) is 0.323. The monoisotopic (exact) mass is 502 g/mol. The van der Waals surface area contributed by atoms with Gasteiger partial charge in [0.25, 0.3) is 0 Å². The van der Waals surface area contributed by atoms with Gasteiger partial charge >= 0.3 is 0 Å². The molecular weight excluding hydrogens is 456 g/mol. The molecule has 1 fully saturated rings. The first-order valence-corrected chi connectivity index (χ1v) is 13.4. The smallest absolute Gasteiger partial charge is 0.210 e. The number of hydrogen-bond donors (Lipinski definition) is 2. The normalized spacial score (nSPS) is 17.4. The molecule has 0 saturated carbocycles. The first kappa shape index (κ1) is 30.9. The fourth-order valence-electron chi connectivity index (χ4n) is 4.03. The molecule has 7 heteroatoms. The Morgan fingerprint density at radius 1 is 1.20 bits per heavy atom. The van der Waals surface area contributed by atoms with Gasteiger partial charge in [0.05, 0.1) is 5.60 Å². The number of amides is 1. The van der Waals surface area contributed by atoms with Gasteiger partial charge in [-0.25, -0.2) is 4.98 Å². The van der Waals surface area contributed by atoms with Gasteiger partial charge in [0.1, 0.15) is 10.8 Å². The number of nitrogens with one attached hydrogen (secondary N) is 1. The van der Waals surface area contributed by atoms with Crippen LogP contribution in [0.2, 0.25) is 0 Å². The van der Waals surface area contributed by atoms with Crippen molar-refractivity contribution in [3.63, 3.8) is 0 Å². The van der Waals surface area contributed by atoms with Gasteiger partial charge in [-0.05, 0) is 83.0 Å². The Hall–Kier alpha value is -2.09. The molecule has 6 nitrogen and oxygen atoms in total. The van der Waals surface area contributed by atoms with Crippen LogP contribution >= 0.6 is 11.9 Å². The van der Waals surface area contributed by atoms with Gasteiger partial charge in [-0.2, -0.15) is 0 Å². The molecule has 196 valence electrons. The van der Waals surface area contributed by atoms with E-state index in [0.717, 1.165) is 55.1 Å². The van der Waals surface area contributed by atoms with Crippen molar-refractivity contribution in [1.29, 1.82) is 0 Å². The highest BCUT2D eigenvalue weighted by molar-refractivity contribution is 7.97. The van der Waals surface area contributed by atoms with Crippen molar-refractivity contribution in [3.8, 4) is 0 Å². The maximum Gasteiger partial charge on any atom is 0.210 e. The summed E-state index contributed by atoms with van der Waals surface area (Å²) in [6.45, 7) is 16.0. The van der Waals surface area contributed by atoms with Crippen molar-refractivity contribution in [2.75, 3.05) is 25.5 Å². The number of aromatic nitrogens is 1. The van der Waals surface area contributed by atoms with E-state index in [4.69, 9.17) is 9.88 Å². The van der Waals surface area contributed by atoms with E-state index in [9.17, 15) is 4.79 Å². The number of nitrogens with two attached hydrogens (primary N) is 1. The molecule has 0 aliphatic carbocycles. The fraction of sp³-hybridized carbons (Fsp3) is 0.571. The Morgan fingerprint density at radius 3 is 2.34 bits per heavy atom. The molecule has 1 amide bonds. The third kappa shape index (κ3) is 11.0. The summed E-state index contributed by atoms with van der Waals surface area (Å²) in [6.07, 6.45) is 3.07. The molecule has 2 aromatic rings. The Balaban J connectivity index is 0.000000670. The van der Waals surface area contributed by atoms with Crippen molar-refractivity contribution in [3.05, 3.63) is 54.1 Å².